The molecule has 0 aliphatic carbocycles. The van der Waals surface area contributed by atoms with Gasteiger partial charge in [0.05, 0.1) is 0 Å². The molecule has 0 unspecified atom stereocenters. The van der Waals surface area contributed by atoms with Crippen molar-refractivity contribution in [2.75, 3.05) is 13.1 Å². The summed E-state index contributed by atoms with van der Waals surface area (Å²) in [4.78, 5) is 4.50. The van der Waals surface area contributed by atoms with Crippen LogP contribution in [0.3, 0.4) is 0 Å². The Balaban J connectivity index is 2.17. The molecular formula is C14H19N3O. The fourth-order valence-electron chi connectivity index (χ4n) is 2.10. The largest absolute Gasteiger partial charge is 0.339 e. The minimum atomic E-state index is 0.392. The minimum Gasteiger partial charge on any atom is -0.339 e. The van der Waals surface area contributed by atoms with Crippen LogP contribution >= 0.6 is 0 Å². The third-order valence-corrected chi connectivity index (χ3v) is 3.03. The molecule has 1 aromatic heterocycles. The van der Waals surface area contributed by atoms with Crippen LogP contribution in [0.25, 0.3) is 5.57 Å². The highest BCUT2D eigenvalue weighted by Crippen LogP contribution is 2.25. The van der Waals surface area contributed by atoms with Gasteiger partial charge in [-0.25, -0.2) is 0 Å². The van der Waals surface area contributed by atoms with E-state index in [9.17, 15) is 0 Å². The molecule has 18 heavy (non-hydrogen) atoms. The van der Waals surface area contributed by atoms with Gasteiger partial charge in [0.2, 0.25) is 11.7 Å². The predicted molar refractivity (Wildman–Crippen MR) is 72.1 cm³/mol. The standard InChI is InChI=1S/C14H19N3O/c1-3-5-11(6-4-2)13-16-14(18-17-13)12-7-9-15-10-8-12/h3-6,12,15H,1,7-10H2,2H3/b6-4-,11-5+. The van der Waals surface area contributed by atoms with Crippen LogP contribution in [0.15, 0.2) is 35.4 Å². The Labute approximate surface area is 107 Å². The molecule has 0 atom stereocenters. The zero-order valence-corrected chi connectivity index (χ0v) is 10.7. The fraction of sp³-hybridized carbons (Fsp3) is 0.429. The van der Waals surface area contributed by atoms with Crippen LogP contribution < -0.4 is 5.32 Å². The lowest BCUT2D eigenvalue weighted by Gasteiger charge is -2.18. The highest BCUT2D eigenvalue weighted by atomic mass is 16.5. The summed E-state index contributed by atoms with van der Waals surface area (Å²) >= 11 is 0. The molecule has 1 aromatic rings. The number of hydrogen-bond acceptors (Lipinski definition) is 4. The molecular weight excluding hydrogens is 226 g/mol. The molecule has 1 N–H and O–H groups in total. The predicted octanol–water partition coefficient (Wildman–Crippen LogP) is 2.68. The van der Waals surface area contributed by atoms with Gasteiger partial charge in [-0.2, -0.15) is 4.98 Å². The molecule has 0 spiro atoms. The first-order chi connectivity index (χ1) is 8.85. The van der Waals surface area contributed by atoms with Crippen molar-refractivity contribution in [2.45, 2.75) is 25.7 Å². The Morgan fingerprint density at radius 1 is 1.44 bits per heavy atom. The number of aromatic nitrogens is 2. The second kappa shape index (κ2) is 6.31. The van der Waals surface area contributed by atoms with Gasteiger partial charge in [-0.15, -0.1) is 0 Å². The Hall–Kier alpha value is -1.68. The highest BCUT2D eigenvalue weighted by molar-refractivity contribution is 5.70. The monoisotopic (exact) mass is 245 g/mol. The van der Waals surface area contributed by atoms with Gasteiger partial charge in [0.1, 0.15) is 0 Å². The maximum absolute atomic E-state index is 5.38. The Morgan fingerprint density at radius 3 is 2.89 bits per heavy atom. The van der Waals surface area contributed by atoms with Crippen molar-refractivity contribution in [1.82, 2.24) is 15.5 Å². The smallest absolute Gasteiger partial charge is 0.230 e. The van der Waals surface area contributed by atoms with Crippen molar-refractivity contribution in [3.8, 4) is 0 Å². The Bertz CT molecular complexity index is 453. The van der Waals surface area contributed by atoms with Gasteiger partial charge < -0.3 is 9.84 Å². The number of nitrogens with zero attached hydrogens (tertiary/aromatic N) is 2. The normalized spacial score (nSPS) is 18.4. The molecule has 0 bridgehead atoms. The maximum Gasteiger partial charge on any atom is 0.230 e. The van der Waals surface area contributed by atoms with E-state index in [1.807, 2.05) is 25.2 Å². The van der Waals surface area contributed by atoms with Crippen LogP contribution in [0.5, 0.6) is 0 Å². The number of nitrogens with one attached hydrogen (secondary N) is 1. The lowest BCUT2D eigenvalue weighted by Crippen LogP contribution is -2.26. The lowest BCUT2D eigenvalue weighted by molar-refractivity contribution is 0.319. The van der Waals surface area contributed by atoms with Gasteiger partial charge in [-0.1, -0.05) is 36.0 Å². The second-order valence-electron chi connectivity index (χ2n) is 4.34. The number of piperidine rings is 1. The van der Waals surface area contributed by atoms with Crippen LogP contribution in [-0.2, 0) is 0 Å². The average molecular weight is 245 g/mol. The Kier molecular flexibility index (Phi) is 4.47. The first-order valence-electron chi connectivity index (χ1n) is 6.35. The quantitative estimate of drug-likeness (QED) is 0.829. The van der Waals surface area contributed by atoms with Crippen LogP contribution in [0, 0.1) is 0 Å². The molecule has 4 nitrogen and oxygen atoms in total. The SMILES string of the molecule is C=C/C=C(\C=C/C)c1noc(C2CCNCC2)n1. The zero-order chi connectivity index (χ0) is 12.8. The van der Waals surface area contributed by atoms with Crippen LogP contribution in [-0.4, -0.2) is 23.2 Å². The van der Waals surface area contributed by atoms with E-state index in [1.165, 1.54) is 0 Å². The number of hydrogen-bond donors (Lipinski definition) is 1. The van der Waals surface area contributed by atoms with Crippen molar-refractivity contribution in [1.29, 1.82) is 0 Å². The first-order valence-corrected chi connectivity index (χ1v) is 6.35. The highest BCUT2D eigenvalue weighted by Gasteiger charge is 2.21. The molecule has 0 amide bonds. The van der Waals surface area contributed by atoms with Crippen LogP contribution in [0.1, 0.15) is 37.4 Å². The zero-order valence-electron chi connectivity index (χ0n) is 10.7. The molecule has 0 radical (unpaired) electrons. The average Bonchev–Trinajstić information content (AvgIpc) is 2.89. The van der Waals surface area contributed by atoms with E-state index in [-0.39, 0.29) is 0 Å². The van der Waals surface area contributed by atoms with Gasteiger partial charge in [-0.3, -0.25) is 0 Å². The summed E-state index contributed by atoms with van der Waals surface area (Å²) in [7, 11) is 0. The van der Waals surface area contributed by atoms with Gasteiger partial charge in [0.25, 0.3) is 0 Å². The van der Waals surface area contributed by atoms with Gasteiger partial charge in [0.15, 0.2) is 0 Å². The van der Waals surface area contributed by atoms with Crippen LogP contribution in [0.2, 0.25) is 0 Å². The molecule has 0 saturated carbocycles. The molecule has 2 rings (SSSR count). The second-order valence-corrected chi connectivity index (χ2v) is 4.34. The van der Waals surface area contributed by atoms with Crippen molar-refractivity contribution in [3.05, 3.63) is 42.6 Å². The van der Waals surface area contributed by atoms with Gasteiger partial charge >= 0.3 is 0 Å². The molecule has 1 aliphatic rings. The molecule has 96 valence electrons. The van der Waals surface area contributed by atoms with Crippen molar-refractivity contribution >= 4 is 5.57 Å². The third kappa shape index (κ3) is 2.96. The summed E-state index contributed by atoms with van der Waals surface area (Å²) in [5.74, 6) is 1.79. The summed E-state index contributed by atoms with van der Waals surface area (Å²) in [6, 6.07) is 0. The van der Waals surface area contributed by atoms with Gasteiger partial charge in [-0.05, 0) is 32.9 Å². The minimum absolute atomic E-state index is 0.392. The van der Waals surface area contributed by atoms with E-state index >= 15 is 0 Å². The molecule has 4 heteroatoms. The molecule has 1 saturated heterocycles. The Morgan fingerprint density at radius 2 is 2.22 bits per heavy atom. The number of rotatable bonds is 4. The maximum atomic E-state index is 5.38. The third-order valence-electron chi connectivity index (χ3n) is 3.03. The lowest BCUT2D eigenvalue weighted by atomic mass is 9.98. The van der Waals surface area contributed by atoms with Crippen molar-refractivity contribution in [3.63, 3.8) is 0 Å². The molecule has 2 heterocycles. The summed E-state index contributed by atoms with van der Waals surface area (Å²) in [6.45, 7) is 7.70. The summed E-state index contributed by atoms with van der Waals surface area (Å²) in [6.07, 6.45) is 9.65. The van der Waals surface area contributed by atoms with E-state index in [4.69, 9.17) is 4.52 Å². The van der Waals surface area contributed by atoms with E-state index in [0.29, 0.717) is 11.7 Å². The van der Waals surface area contributed by atoms with Crippen LogP contribution in [0.4, 0.5) is 0 Å². The topological polar surface area (TPSA) is 51.0 Å². The van der Waals surface area contributed by atoms with Crippen molar-refractivity contribution in [2.24, 2.45) is 0 Å². The summed E-state index contributed by atoms with van der Waals surface area (Å²) < 4.78 is 5.38. The van der Waals surface area contributed by atoms with E-state index in [1.54, 1.807) is 6.08 Å². The fourth-order valence-corrected chi connectivity index (χ4v) is 2.10. The summed E-state index contributed by atoms with van der Waals surface area (Å²) in [5, 5.41) is 7.38. The molecule has 1 fully saturated rings. The molecule has 0 aromatic carbocycles. The van der Waals surface area contributed by atoms with E-state index in [2.05, 4.69) is 22.0 Å². The van der Waals surface area contributed by atoms with Gasteiger partial charge in [0, 0.05) is 11.5 Å². The number of allylic oxidation sites excluding steroid dienone is 5. The first kappa shape index (κ1) is 12.8. The van der Waals surface area contributed by atoms with E-state index < -0.39 is 0 Å². The van der Waals surface area contributed by atoms with E-state index in [0.717, 1.165) is 37.4 Å². The van der Waals surface area contributed by atoms with Crippen molar-refractivity contribution < 1.29 is 4.52 Å². The summed E-state index contributed by atoms with van der Waals surface area (Å²) in [5.41, 5.74) is 0.927. The molecule has 1 aliphatic heterocycles.